The van der Waals surface area contributed by atoms with E-state index < -0.39 is 0 Å². The Labute approximate surface area is 168 Å². The molecule has 0 bridgehead atoms. The lowest BCUT2D eigenvalue weighted by Crippen LogP contribution is -2.47. The summed E-state index contributed by atoms with van der Waals surface area (Å²) >= 11 is 0. The molecule has 0 radical (unpaired) electrons. The number of amides is 1. The van der Waals surface area contributed by atoms with Crippen molar-refractivity contribution in [3.05, 3.63) is 47.8 Å². The monoisotopic (exact) mass is 381 g/mol. The van der Waals surface area contributed by atoms with Crippen molar-refractivity contribution in [3.63, 3.8) is 0 Å². The van der Waals surface area contributed by atoms with Crippen LogP contribution in [0.4, 0.5) is 11.6 Å². The number of nitrogens with zero attached hydrogens (tertiary/aromatic N) is 5. The third-order valence-corrected chi connectivity index (χ3v) is 5.07. The highest BCUT2D eigenvalue weighted by atomic mass is 16.2. The predicted octanol–water partition coefficient (Wildman–Crippen LogP) is 3.37. The summed E-state index contributed by atoms with van der Waals surface area (Å²) in [5.41, 5.74) is 3.03. The van der Waals surface area contributed by atoms with Gasteiger partial charge in [-0.3, -0.25) is 4.79 Å². The van der Waals surface area contributed by atoms with Gasteiger partial charge in [-0.25, -0.2) is 9.97 Å². The number of piperazine rings is 1. The Morgan fingerprint density at radius 2 is 1.71 bits per heavy atom. The van der Waals surface area contributed by atoms with Crippen LogP contribution < -0.4 is 9.80 Å². The number of benzene rings is 1. The summed E-state index contributed by atoms with van der Waals surface area (Å²) in [4.78, 5) is 28.3. The van der Waals surface area contributed by atoms with Gasteiger partial charge in [-0.05, 0) is 43.5 Å². The molecular weight excluding hydrogens is 350 g/mol. The molecule has 0 saturated carbocycles. The summed E-state index contributed by atoms with van der Waals surface area (Å²) < 4.78 is 0. The predicted molar refractivity (Wildman–Crippen MR) is 114 cm³/mol. The van der Waals surface area contributed by atoms with Crippen LogP contribution in [0.2, 0.25) is 0 Å². The summed E-state index contributed by atoms with van der Waals surface area (Å²) in [6, 6.07) is 10.3. The van der Waals surface area contributed by atoms with E-state index in [0.29, 0.717) is 11.6 Å². The maximum absolute atomic E-state index is 12.8. The first kappa shape index (κ1) is 20.1. The second-order valence-electron chi connectivity index (χ2n) is 7.35. The molecule has 150 valence electrons. The van der Waals surface area contributed by atoms with Crippen molar-refractivity contribution in [1.29, 1.82) is 0 Å². The maximum Gasteiger partial charge on any atom is 0.272 e. The van der Waals surface area contributed by atoms with Crippen molar-refractivity contribution in [2.45, 2.75) is 33.6 Å². The third-order valence-electron chi connectivity index (χ3n) is 5.07. The van der Waals surface area contributed by atoms with E-state index in [1.54, 1.807) is 12.3 Å². The lowest BCUT2D eigenvalue weighted by atomic mass is 10.2. The van der Waals surface area contributed by atoms with Gasteiger partial charge in [0.2, 0.25) is 5.95 Å². The van der Waals surface area contributed by atoms with Crippen LogP contribution in [0.15, 0.2) is 36.5 Å². The number of rotatable bonds is 7. The fourth-order valence-corrected chi connectivity index (χ4v) is 3.63. The molecule has 0 N–H and O–H groups in total. The molecule has 1 amide bonds. The Balaban J connectivity index is 1.67. The van der Waals surface area contributed by atoms with E-state index in [2.05, 4.69) is 64.8 Å². The molecule has 1 saturated heterocycles. The van der Waals surface area contributed by atoms with Gasteiger partial charge in [0, 0.05) is 51.2 Å². The van der Waals surface area contributed by atoms with Crippen LogP contribution in [0.1, 0.15) is 42.7 Å². The lowest BCUT2D eigenvalue weighted by molar-refractivity contribution is 0.0749. The molecule has 0 atom stereocenters. The second kappa shape index (κ2) is 9.53. The van der Waals surface area contributed by atoms with Crippen molar-refractivity contribution in [1.82, 2.24) is 14.9 Å². The van der Waals surface area contributed by atoms with Crippen LogP contribution in [-0.2, 0) is 0 Å². The van der Waals surface area contributed by atoms with Crippen LogP contribution in [0.3, 0.4) is 0 Å². The Hall–Kier alpha value is -2.63. The molecule has 0 unspecified atom stereocenters. The van der Waals surface area contributed by atoms with Crippen molar-refractivity contribution < 1.29 is 4.79 Å². The SMILES string of the molecule is CCCN(CCC)C(=O)c1ccnc(N2CCN(c3cccc(C)c3)CC2)n1. The minimum atomic E-state index is 0.00532. The molecule has 2 aromatic rings. The summed E-state index contributed by atoms with van der Waals surface area (Å²) in [6.45, 7) is 11.4. The van der Waals surface area contributed by atoms with Crippen LogP contribution in [0.5, 0.6) is 0 Å². The van der Waals surface area contributed by atoms with E-state index >= 15 is 0 Å². The van der Waals surface area contributed by atoms with Gasteiger partial charge in [-0.2, -0.15) is 0 Å². The molecule has 1 aromatic carbocycles. The van der Waals surface area contributed by atoms with Crippen molar-refractivity contribution in [2.24, 2.45) is 0 Å². The fourth-order valence-electron chi connectivity index (χ4n) is 3.63. The Kier molecular flexibility index (Phi) is 6.85. The van der Waals surface area contributed by atoms with Gasteiger partial charge in [-0.15, -0.1) is 0 Å². The molecule has 0 aliphatic carbocycles. The molecule has 28 heavy (non-hydrogen) atoms. The van der Waals surface area contributed by atoms with E-state index in [-0.39, 0.29) is 5.91 Å². The normalized spacial score (nSPS) is 14.2. The number of carbonyl (C=O) groups is 1. The number of aromatic nitrogens is 2. The van der Waals surface area contributed by atoms with Crippen LogP contribution in [-0.4, -0.2) is 60.0 Å². The van der Waals surface area contributed by atoms with Gasteiger partial charge < -0.3 is 14.7 Å². The van der Waals surface area contributed by atoms with Crippen LogP contribution in [0, 0.1) is 6.92 Å². The van der Waals surface area contributed by atoms with E-state index in [1.165, 1.54) is 11.3 Å². The zero-order valence-corrected chi connectivity index (χ0v) is 17.3. The number of anilines is 2. The Bertz CT molecular complexity index is 780. The van der Waals surface area contributed by atoms with E-state index in [1.807, 2.05) is 4.90 Å². The average Bonchev–Trinajstić information content (AvgIpc) is 2.73. The van der Waals surface area contributed by atoms with Gasteiger partial charge in [0.05, 0.1) is 0 Å². The zero-order valence-electron chi connectivity index (χ0n) is 17.3. The summed E-state index contributed by atoms with van der Waals surface area (Å²) in [6.07, 6.45) is 3.60. The minimum Gasteiger partial charge on any atom is -0.368 e. The smallest absolute Gasteiger partial charge is 0.272 e. The molecule has 6 heteroatoms. The van der Waals surface area contributed by atoms with Gasteiger partial charge in [-0.1, -0.05) is 26.0 Å². The first-order valence-electron chi connectivity index (χ1n) is 10.3. The molecule has 1 aromatic heterocycles. The highest BCUT2D eigenvalue weighted by Gasteiger charge is 2.22. The number of hydrogen-bond acceptors (Lipinski definition) is 5. The quantitative estimate of drug-likeness (QED) is 0.736. The molecule has 0 spiro atoms. The van der Waals surface area contributed by atoms with Gasteiger partial charge in [0.15, 0.2) is 0 Å². The first-order chi connectivity index (χ1) is 13.6. The first-order valence-corrected chi connectivity index (χ1v) is 10.3. The van der Waals surface area contributed by atoms with Crippen molar-refractivity contribution in [2.75, 3.05) is 49.1 Å². The number of carbonyl (C=O) groups excluding carboxylic acids is 1. The van der Waals surface area contributed by atoms with Crippen molar-refractivity contribution >= 4 is 17.5 Å². The Morgan fingerprint density at radius 1 is 1.04 bits per heavy atom. The highest BCUT2D eigenvalue weighted by Crippen LogP contribution is 2.19. The van der Waals surface area contributed by atoms with Gasteiger partial charge in [0.1, 0.15) is 5.69 Å². The lowest BCUT2D eigenvalue weighted by Gasteiger charge is -2.36. The fraction of sp³-hybridized carbons (Fsp3) is 0.500. The molecular formula is C22H31N5O. The molecule has 1 fully saturated rings. The number of aryl methyl sites for hydroxylation is 1. The summed E-state index contributed by atoms with van der Waals surface area (Å²) in [5.74, 6) is 0.661. The maximum atomic E-state index is 12.8. The third kappa shape index (κ3) is 4.80. The topological polar surface area (TPSA) is 52.6 Å². The van der Waals surface area contributed by atoms with Crippen LogP contribution >= 0.6 is 0 Å². The van der Waals surface area contributed by atoms with E-state index in [9.17, 15) is 4.79 Å². The zero-order chi connectivity index (χ0) is 19.9. The van der Waals surface area contributed by atoms with Crippen LogP contribution in [0.25, 0.3) is 0 Å². The Morgan fingerprint density at radius 3 is 2.36 bits per heavy atom. The standard InChI is InChI=1S/C22H31N5O/c1-4-11-26(12-5-2)21(28)20-9-10-23-22(24-20)27-15-13-25(14-16-27)19-8-6-7-18(3)17-19/h6-10,17H,4-5,11-16H2,1-3H3. The molecule has 1 aliphatic heterocycles. The summed E-state index contributed by atoms with van der Waals surface area (Å²) in [5, 5.41) is 0. The second-order valence-corrected chi connectivity index (χ2v) is 7.35. The highest BCUT2D eigenvalue weighted by molar-refractivity contribution is 5.92. The molecule has 3 rings (SSSR count). The van der Waals surface area contributed by atoms with E-state index in [4.69, 9.17) is 0 Å². The van der Waals surface area contributed by atoms with E-state index in [0.717, 1.165) is 52.1 Å². The average molecular weight is 382 g/mol. The molecule has 6 nitrogen and oxygen atoms in total. The summed E-state index contributed by atoms with van der Waals surface area (Å²) in [7, 11) is 0. The van der Waals surface area contributed by atoms with Gasteiger partial charge >= 0.3 is 0 Å². The minimum absolute atomic E-state index is 0.00532. The molecule has 1 aliphatic rings. The van der Waals surface area contributed by atoms with Gasteiger partial charge in [0.25, 0.3) is 5.91 Å². The van der Waals surface area contributed by atoms with Crippen molar-refractivity contribution in [3.8, 4) is 0 Å². The molecule has 2 heterocycles. The largest absolute Gasteiger partial charge is 0.368 e. The number of hydrogen-bond donors (Lipinski definition) is 0.